The second kappa shape index (κ2) is 4.07. The molecule has 1 rings (SSSR count). The Morgan fingerprint density at radius 1 is 1.62 bits per heavy atom. The van der Waals surface area contributed by atoms with Gasteiger partial charge in [-0.05, 0) is 5.92 Å². The van der Waals surface area contributed by atoms with E-state index in [0.717, 1.165) is 0 Å². The summed E-state index contributed by atoms with van der Waals surface area (Å²) in [5, 5.41) is 0. The minimum atomic E-state index is -0.0884. The van der Waals surface area contributed by atoms with Gasteiger partial charge in [-0.3, -0.25) is 4.79 Å². The summed E-state index contributed by atoms with van der Waals surface area (Å²) >= 11 is 0. The number of ether oxygens (including phenoxy) is 1. The Labute approximate surface area is 77.2 Å². The molecule has 0 aliphatic rings. The Balaban J connectivity index is 2.97. The third-order valence-corrected chi connectivity index (χ3v) is 1.62. The van der Waals surface area contributed by atoms with E-state index in [2.05, 4.69) is 18.8 Å². The summed E-state index contributed by atoms with van der Waals surface area (Å²) in [4.78, 5) is 15.1. The smallest absolute Gasteiger partial charge is 0.269 e. The van der Waals surface area contributed by atoms with E-state index in [1.165, 1.54) is 13.3 Å². The first-order chi connectivity index (χ1) is 6.13. The van der Waals surface area contributed by atoms with Crippen molar-refractivity contribution in [3.05, 3.63) is 22.7 Å². The first-order valence-corrected chi connectivity index (χ1v) is 4.24. The van der Waals surface area contributed by atoms with Gasteiger partial charge in [-0.15, -0.1) is 0 Å². The van der Waals surface area contributed by atoms with Crippen LogP contribution in [0.2, 0.25) is 0 Å². The molecule has 0 aliphatic heterocycles. The minimum Gasteiger partial charge on any atom is -0.480 e. The van der Waals surface area contributed by atoms with E-state index >= 15 is 0 Å². The summed E-state index contributed by atoms with van der Waals surface area (Å²) in [7, 11) is 1.53. The summed E-state index contributed by atoms with van der Waals surface area (Å²) in [5.41, 5.74) is -0.0884. The Morgan fingerprint density at radius 2 is 2.31 bits per heavy atom. The molecule has 1 aromatic heterocycles. The SMILES string of the molecule is COc1cn(CC(C)C)c(=O)cn1. The average Bonchev–Trinajstić information content (AvgIpc) is 2.08. The predicted molar refractivity (Wildman–Crippen MR) is 49.9 cm³/mol. The van der Waals surface area contributed by atoms with Crippen LogP contribution in [-0.4, -0.2) is 16.7 Å². The standard InChI is InChI=1S/C9H14N2O2/c1-7(2)5-11-6-8(13-3)10-4-9(11)12/h4,6-7H,5H2,1-3H3. The summed E-state index contributed by atoms with van der Waals surface area (Å²) in [6, 6.07) is 0. The highest BCUT2D eigenvalue weighted by Crippen LogP contribution is 2.02. The third kappa shape index (κ3) is 2.57. The highest BCUT2D eigenvalue weighted by atomic mass is 16.5. The van der Waals surface area contributed by atoms with Gasteiger partial charge in [0.15, 0.2) is 0 Å². The number of nitrogens with zero attached hydrogens (tertiary/aromatic N) is 2. The van der Waals surface area contributed by atoms with Gasteiger partial charge in [0.05, 0.1) is 19.5 Å². The summed E-state index contributed by atoms with van der Waals surface area (Å²) < 4.78 is 6.53. The van der Waals surface area contributed by atoms with Crippen LogP contribution in [0.5, 0.6) is 5.88 Å². The van der Waals surface area contributed by atoms with E-state index < -0.39 is 0 Å². The molecule has 0 radical (unpaired) electrons. The second-order valence-electron chi connectivity index (χ2n) is 3.31. The van der Waals surface area contributed by atoms with E-state index in [4.69, 9.17) is 4.74 Å². The lowest BCUT2D eigenvalue weighted by molar-refractivity contribution is 0.386. The van der Waals surface area contributed by atoms with Gasteiger partial charge >= 0.3 is 0 Å². The van der Waals surface area contributed by atoms with Crippen molar-refractivity contribution < 1.29 is 4.74 Å². The fourth-order valence-electron chi connectivity index (χ4n) is 1.06. The second-order valence-corrected chi connectivity index (χ2v) is 3.31. The van der Waals surface area contributed by atoms with Crippen LogP contribution in [-0.2, 0) is 6.54 Å². The van der Waals surface area contributed by atoms with E-state index in [-0.39, 0.29) is 5.56 Å². The molecule has 0 atom stereocenters. The molecule has 0 bridgehead atoms. The summed E-state index contributed by atoms with van der Waals surface area (Å²) in [6.07, 6.45) is 2.91. The predicted octanol–water partition coefficient (Wildman–Crippen LogP) is 0.908. The molecule has 72 valence electrons. The average molecular weight is 182 g/mol. The Hall–Kier alpha value is -1.32. The van der Waals surface area contributed by atoms with Crippen LogP contribution in [0.4, 0.5) is 0 Å². The van der Waals surface area contributed by atoms with Gasteiger partial charge in [-0.1, -0.05) is 13.8 Å². The monoisotopic (exact) mass is 182 g/mol. The van der Waals surface area contributed by atoms with E-state index in [9.17, 15) is 4.79 Å². The maximum atomic E-state index is 11.3. The number of aromatic nitrogens is 2. The third-order valence-electron chi connectivity index (χ3n) is 1.62. The minimum absolute atomic E-state index is 0.0884. The molecule has 0 spiro atoms. The molecule has 4 heteroatoms. The molecule has 4 nitrogen and oxygen atoms in total. The first kappa shape index (κ1) is 9.77. The molecule has 0 aromatic carbocycles. The van der Waals surface area contributed by atoms with Crippen LogP contribution in [0.25, 0.3) is 0 Å². The van der Waals surface area contributed by atoms with Crippen LogP contribution in [0, 0.1) is 5.92 Å². The maximum Gasteiger partial charge on any atom is 0.269 e. The molecule has 0 aliphatic carbocycles. The maximum absolute atomic E-state index is 11.3. The number of rotatable bonds is 3. The van der Waals surface area contributed by atoms with Crippen molar-refractivity contribution in [1.29, 1.82) is 0 Å². The van der Waals surface area contributed by atoms with Crippen LogP contribution in [0.15, 0.2) is 17.2 Å². The van der Waals surface area contributed by atoms with Crippen molar-refractivity contribution in [3.63, 3.8) is 0 Å². The highest BCUT2D eigenvalue weighted by molar-refractivity contribution is 5.03. The van der Waals surface area contributed by atoms with Crippen LogP contribution in [0.3, 0.4) is 0 Å². The van der Waals surface area contributed by atoms with Crippen LogP contribution < -0.4 is 10.3 Å². The van der Waals surface area contributed by atoms with Gasteiger partial charge in [-0.25, -0.2) is 4.98 Å². The first-order valence-electron chi connectivity index (χ1n) is 4.24. The molecule has 0 saturated carbocycles. The Kier molecular flexibility index (Phi) is 3.06. The van der Waals surface area contributed by atoms with Gasteiger partial charge in [0.2, 0.25) is 5.88 Å². The molecule has 13 heavy (non-hydrogen) atoms. The van der Waals surface area contributed by atoms with E-state index in [1.54, 1.807) is 10.8 Å². The fourth-order valence-corrected chi connectivity index (χ4v) is 1.06. The lowest BCUT2D eigenvalue weighted by Crippen LogP contribution is -2.21. The summed E-state index contributed by atoms with van der Waals surface area (Å²) in [5.74, 6) is 0.907. The topological polar surface area (TPSA) is 44.1 Å². The zero-order valence-electron chi connectivity index (χ0n) is 8.15. The molecule has 1 aromatic rings. The number of hydrogen-bond donors (Lipinski definition) is 0. The molecule has 0 amide bonds. The molecule has 0 saturated heterocycles. The van der Waals surface area contributed by atoms with Crippen molar-refractivity contribution >= 4 is 0 Å². The van der Waals surface area contributed by atoms with Gasteiger partial charge in [0.25, 0.3) is 5.56 Å². The molecular weight excluding hydrogens is 168 g/mol. The van der Waals surface area contributed by atoms with Gasteiger partial charge in [-0.2, -0.15) is 0 Å². The summed E-state index contributed by atoms with van der Waals surface area (Å²) in [6.45, 7) is 4.80. The van der Waals surface area contributed by atoms with Crippen molar-refractivity contribution in [2.24, 2.45) is 5.92 Å². The molecule has 1 heterocycles. The Bertz CT molecular complexity index is 331. The lowest BCUT2D eigenvalue weighted by atomic mass is 10.2. The van der Waals surface area contributed by atoms with E-state index in [0.29, 0.717) is 18.3 Å². The zero-order valence-corrected chi connectivity index (χ0v) is 8.15. The van der Waals surface area contributed by atoms with Crippen LogP contribution in [0.1, 0.15) is 13.8 Å². The molecule has 0 unspecified atom stereocenters. The quantitative estimate of drug-likeness (QED) is 0.697. The van der Waals surface area contributed by atoms with Gasteiger partial charge in [0.1, 0.15) is 0 Å². The highest BCUT2D eigenvalue weighted by Gasteiger charge is 2.01. The Morgan fingerprint density at radius 3 is 2.85 bits per heavy atom. The van der Waals surface area contributed by atoms with Crippen molar-refractivity contribution in [3.8, 4) is 5.88 Å². The molecule has 0 N–H and O–H groups in total. The molecular formula is C9H14N2O2. The van der Waals surface area contributed by atoms with Gasteiger partial charge < -0.3 is 9.30 Å². The van der Waals surface area contributed by atoms with Crippen molar-refractivity contribution in [2.75, 3.05) is 7.11 Å². The number of methoxy groups -OCH3 is 1. The lowest BCUT2D eigenvalue weighted by Gasteiger charge is -2.08. The van der Waals surface area contributed by atoms with Crippen molar-refractivity contribution in [2.45, 2.75) is 20.4 Å². The fraction of sp³-hybridized carbons (Fsp3) is 0.556. The van der Waals surface area contributed by atoms with Crippen molar-refractivity contribution in [1.82, 2.24) is 9.55 Å². The van der Waals surface area contributed by atoms with Gasteiger partial charge in [0, 0.05) is 6.54 Å². The largest absolute Gasteiger partial charge is 0.480 e. The number of hydrogen-bond acceptors (Lipinski definition) is 3. The zero-order chi connectivity index (χ0) is 9.84. The van der Waals surface area contributed by atoms with E-state index in [1.807, 2.05) is 0 Å². The molecule has 0 fully saturated rings. The normalized spacial score (nSPS) is 10.5. The van der Waals surface area contributed by atoms with Crippen LogP contribution >= 0.6 is 0 Å².